The van der Waals surface area contributed by atoms with Crippen molar-refractivity contribution in [2.24, 2.45) is 41.4 Å². The van der Waals surface area contributed by atoms with E-state index in [-0.39, 0.29) is 6.47 Å². The number of fused-ring (bicyclic) bond motifs is 1. The highest BCUT2D eigenvalue weighted by Crippen LogP contribution is 2.64. The summed E-state index contributed by atoms with van der Waals surface area (Å²) in [6.45, 7) is 5.22. The molecule has 516 valence electrons. The largest absolute Gasteiger partial charge is 0.437 e. The Hall–Kier alpha value is -1.76. The molecule has 88 heavy (non-hydrogen) atoms. The molecule has 6 rings (SSSR count). The van der Waals surface area contributed by atoms with E-state index in [0.717, 1.165) is 6.92 Å². The third kappa shape index (κ3) is 19.9. The van der Waals surface area contributed by atoms with E-state index in [2.05, 4.69) is 16.9 Å². The van der Waals surface area contributed by atoms with Crippen molar-refractivity contribution < 1.29 is 188 Å². The molecule has 1 saturated carbocycles. The summed E-state index contributed by atoms with van der Waals surface area (Å²) in [6, 6.07) is 0. The van der Waals surface area contributed by atoms with Crippen LogP contribution in [0.3, 0.4) is 0 Å². The molecular weight excluding hydrogens is 1360 g/mol. The van der Waals surface area contributed by atoms with Gasteiger partial charge in [-0.15, -0.1) is 4.33 Å². The molecular formula is C39H66O42S7. The van der Waals surface area contributed by atoms with Gasteiger partial charge in [-0.05, 0) is 25.7 Å². The summed E-state index contributed by atoms with van der Waals surface area (Å²) in [7, 11) is -32.2. The van der Waals surface area contributed by atoms with Gasteiger partial charge in [0.05, 0.1) is 36.9 Å². The van der Waals surface area contributed by atoms with Crippen molar-refractivity contribution in [1.29, 1.82) is 0 Å². The zero-order chi connectivity index (χ0) is 66.2. The Morgan fingerprint density at radius 2 is 0.898 bits per heavy atom. The maximum Gasteiger partial charge on any atom is 0.397 e. The summed E-state index contributed by atoms with van der Waals surface area (Å²) >= 11 is -3.24. The molecule has 0 radical (unpaired) electrons. The lowest BCUT2D eigenvalue weighted by molar-refractivity contribution is -0.396. The zero-order valence-corrected chi connectivity index (χ0v) is 52.4. The van der Waals surface area contributed by atoms with Crippen LogP contribution in [-0.2, 0) is 170 Å². The molecule has 0 bridgehead atoms. The SMILES string of the molecule is CO[C@@H]1C(COS(=O)(=O)O)O[C@H](O[C@@H]2C(OCO)O[C@@H](O[C@@H]3C(COOS(=O)O)O[C@@H](OC4(C)[C@@H]5C(OC=O)O[C@@H](O[C@@H]6C(COS(=O)(=O)O)O[C@H](C)C(OS(=O)(=O)O)C6OS(=O)(=O)O)C(C)[C@H]54)C(OS(=O)(=O)O)[C@H]3OS(=O)(=O)O)C(C)C2C)C(C)C1C. The summed E-state index contributed by atoms with van der Waals surface area (Å²) in [5.74, 6) is -6.93. The van der Waals surface area contributed by atoms with Gasteiger partial charge in [0.2, 0.25) is 6.29 Å². The monoisotopic (exact) mass is 1430 g/mol. The molecule has 1 aliphatic carbocycles. The van der Waals surface area contributed by atoms with Crippen LogP contribution >= 0.6 is 0 Å². The van der Waals surface area contributed by atoms with Crippen molar-refractivity contribution >= 4 is 80.2 Å². The Kier molecular flexibility index (Phi) is 25.2. The molecule has 5 heterocycles. The number of aliphatic hydroxyl groups excluding tert-OH is 1. The molecule has 5 saturated heterocycles. The Morgan fingerprint density at radius 1 is 0.477 bits per heavy atom. The second-order valence-electron chi connectivity index (χ2n) is 20.8. The van der Waals surface area contributed by atoms with Crippen LogP contribution < -0.4 is 0 Å². The van der Waals surface area contributed by atoms with Gasteiger partial charge in [-0.1, -0.05) is 34.6 Å². The van der Waals surface area contributed by atoms with Crippen LogP contribution in [0.4, 0.5) is 0 Å². The Bertz CT molecular complexity index is 3080. The van der Waals surface area contributed by atoms with E-state index in [9.17, 15) is 96.5 Å². The Labute approximate surface area is 505 Å². The van der Waals surface area contributed by atoms with Gasteiger partial charge in [0.25, 0.3) is 6.47 Å². The molecule has 6 fully saturated rings. The first-order valence-corrected chi connectivity index (χ1v) is 34.6. The number of rotatable bonds is 31. The van der Waals surface area contributed by atoms with E-state index in [1.807, 2.05) is 0 Å². The standard InChI is InChI=1S/C39H66O42S7/c1-14-16(3)33(69-21(25(14)62-8)10-66-83(44,45)46)71-26-15(2)17(4)34(75-37(26)64-13-41)72-28-20(9-65-81-82(42)43)70-38(32(80-88(59,60)61)31(28)79-87(56,57)58)76-39(7)23-18(5)35(74-36(24(23)39)63-12-40)73-29-22(11-67-84(47,48)49)68-19(6)27(77-85(50,51)52)30(29)78-86(53,54)55/h12,14-38,41H,9-11,13H2,1-8H3,(H,42,43)(H,44,45,46)(H,47,48,49)(H,50,51,52)(H,53,54,55)(H,56,57,58)(H,59,60,61)/t14?,15?,16?,17?,18?,19-,20?,21?,22?,23-,24+,25+,26+,27?,28-,29-,30?,31+,32?,33-,34-,35-,36?,37?,38+,39?/m1/s1. The van der Waals surface area contributed by atoms with E-state index in [1.54, 1.807) is 13.8 Å². The minimum absolute atomic E-state index is 0.192. The Balaban J connectivity index is 1.36. The van der Waals surface area contributed by atoms with Crippen molar-refractivity contribution in [2.75, 3.05) is 33.7 Å². The minimum atomic E-state index is -5.90. The molecule has 42 nitrogen and oxygen atoms in total. The predicted octanol–water partition coefficient (Wildman–Crippen LogP) is -3.42. The molecule has 49 heteroatoms. The van der Waals surface area contributed by atoms with Crippen molar-refractivity contribution in [1.82, 2.24) is 0 Å². The average Bonchev–Trinajstić information content (AvgIpc) is 1.58. The van der Waals surface area contributed by atoms with Gasteiger partial charge in [-0.2, -0.15) is 54.7 Å². The number of carbonyl (C=O) groups is 1. The molecule has 0 aromatic rings. The van der Waals surface area contributed by atoms with E-state index >= 15 is 0 Å². The highest BCUT2D eigenvalue weighted by Gasteiger charge is 2.75. The second-order valence-corrected chi connectivity index (χ2v) is 27.8. The summed E-state index contributed by atoms with van der Waals surface area (Å²) in [6.07, 6.45) is -35.3. The fraction of sp³-hybridized carbons (Fsp3) is 0.974. The maximum absolute atomic E-state index is 12.8. The predicted molar refractivity (Wildman–Crippen MR) is 271 cm³/mol. The molecule has 15 unspecified atom stereocenters. The van der Waals surface area contributed by atoms with Crippen LogP contribution in [0, 0.1) is 41.4 Å². The summed E-state index contributed by atoms with van der Waals surface area (Å²) in [5.41, 5.74) is -2.06. The zero-order valence-electron chi connectivity index (χ0n) is 46.7. The topological polar surface area (TPSA) is 585 Å². The van der Waals surface area contributed by atoms with Crippen molar-refractivity contribution in [3.63, 3.8) is 0 Å². The lowest BCUT2D eigenvalue weighted by Gasteiger charge is -2.50. The first kappa shape index (κ1) is 75.3. The summed E-state index contributed by atoms with van der Waals surface area (Å²) in [5, 5.41) is 10.1. The maximum atomic E-state index is 12.8. The smallest absolute Gasteiger partial charge is 0.397 e. The van der Waals surface area contributed by atoms with Crippen LogP contribution in [-0.4, -0.2) is 248 Å². The number of methoxy groups -OCH3 is 1. The molecule has 8 N–H and O–H groups in total. The third-order valence-electron chi connectivity index (χ3n) is 15.4. The van der Waals surface area contributed by atoms with Crippen LogP contribution in [0.1, 0.15) is 48.5 Å². The number of aliphatic hydroxyl groups is 1. The highest BCUT2D eigenvalue weighted by molar-refractivity contribution is 7.82. The van der Waals surface area contributed by atoms with Gasteiger partial charge in [0, 0.05) is 30.8 Å². The fourth-order valence-corrected chi connectivity index (χ4v) is 14.1. The lowest BCUT2D eigenvalue weighted by atomic mass is 9.83. The molecule has 27 atom stereocenters. The lowest BCUT2D eigenvalue weighted by Crippen LogP contribution is -2.65. The molecule has 5 aliphatic heterocycles. The van der Waals surface area contributed by atoms with E-state index in [1.165, 1.54) is 34.8 Å². The van der Waals surface area contributed by atoms with Crippen LogP contribution in [0.15, 0.2) is 0 Å². The number of hydrogen-bond acceptors (Lipinski definition) is 35. The van der Waals surface area contributed by atoms with Crippen LogP contribution in [0.25, 0.3) is 0 Å². The molecule has 6 aliphatic rings. The fourth-order valence-electron chi connectivity index (χ4n) is 11.3. The number of hydrogen-bond donors (Lipinski definition) is 8. The van der Waals surface area contributed by atoms with Gasteiger partial charge in [-0.3, -0.25) is 36.7 Å². The van der Waals surface area contributed by atoms with Crippen molar-refractivity contribution in [3.8, 4) is 0 Å². The van der Waals surface area contributed by atoms with Crippen LogP contribution in [0.2, 0.25) is 0 Å². The number of ether oxygens (including phenoxy) is 12. The van der Waals surface area contributed by atoms with E-state index in [4.69, 9.17) is 74.3 Å². The Morgan fingerprint density at radius 3 is 1.38 bits per heavy atom. The first-order chi connectivity index (χ1) is 40.4. The van der Waals surface area contributed by atoms with Crippen molar-refractivity contribution in [2.45, 2.75) is 165 Å². The van der Waals surface area contributed by atoms with Gasteiger partial charge in [0.15, 0.2) is 37.6 Å². The van der Waals surface area contributed by atoms with Crippen LogP contribution in [0.5, 0.6) is 0 Å². The molecule has 0 spiro atoms. The average molecular weight is 1430 g/mol. The minimum Gasteiger partial charge on any atom is -0.437 e. The molecule has 0 aromatic heterocycles. The van der Waals surface area contributed by atoms with Crippen molar-refractivity contribution in [3.05, 3.63) is 0 Å². The molecule has 0 aromatic carbocycles. The molecule has 0 amide bonds. The van der Waals surface area contributed by atoms with Gasteiger partial charge in [-0.25, -0.2) is 30.0 Å². The highest BCUT2D eigenvalue weighted by atomic mass is 32.3. The summed E-state index contributed by atoms with van der Waals surface area (Å²) < 4.78 is 329. The normalized spacial score (nSPS) is 41.6. The van der Waals surface area contributed by atoms with E-state index in [0.29, 0.717) is 0 Å². The van der Waals surface area contributed by atoms with Gasteiger partial charge < -0.3 is 61.9 Å². The second kappa shape index (κ2) is 29.5. The van der Waals surface area contributed by atoms with Gasteiger partial charge in [0.1, 0.15) is 68.3 Å². The summed E-state index contributed by atoms with van der Waals surface area (Å²) in [4.78, 5) is 16.9. The quantitative estimate of drug-likeness (QED) is 0.00836. The van der Waals surface area contributed by atoms with E-state index < -0.39 is 258 Å². The third-order valence-corrected chi connectivity index (χ3v) is 18.3. The van der Waals surface area contributed by atoms with Gasteiger partial charge >= 0.3 is 73.8 Å². The number of carbonyl (C=O) groups excluding carboxylic acids is 1. The first-order valence-electron chi connectivity index (χ1n) is 25.4.